The zero-order valence-corrected chi connectivity index (χ0v) is 39.6. The third kappa shape index (κ3) is 6.77. The van der Waals surface area contributed by atoms with Crippen LogP contribution >= 0.6 is 0 Å². The summed E-state index contributed by atoms with van der Waals surface area (Å²) in [6.07, 6.45) is 0. The van der Waals surface area contributed by atoms with Gasteiger partial charge in [-0.25, -0.2) is 0 Å². The van der Waals surface area contributed by atoms with Crippen LogP contribution in [0.5, 0.6) is 0 Å². The topological polar surface area (TPSA) is 6.48 Å². The minimum absolute atomic E-state index is 1.11. The van der Waals surface area contributed by atoms with E-state index >= 15 is 0 Å². The van der Waals surface area contributed by atoms with Crippen LogP contribution in [0.25, 0.3) is 76.5 Å². The lowest BCUT2D eigenvalue weighted by Crippen LogP contribution is -2.56. The number of anilines is 6. The van der Waals surface area contributed by atoms with E-state index in [-0.39, 0.29) is 0 Å². The van der Waals surface area contributed by atoms with Crippen molar-refractivity contribution in [3.05, 3.63) is 255 Å². The van der Waals surface area contributed by atoms with Gasteiger partial charge in [-0.3, -0.25) is 0 Å². The first-order valence-corrected chi connectivity index (χ1v) is 27.0. The van der Waals surface area contributed by atoms with E-state index in [2.05, 4.69) is 278 Å². The molecule has 3 heteroatoms. The number of rotatable bonds is 8. The molecule has 0 N–H and O–H groups in total. The normalized spacial score (nSPS) is 12.6. The van der Waals surface area contributed by atoms with Gasteiger partial charge >= 0.3 is 0 Å². The fraction of sp³-hybridized carbons (Fsp3) is 0.0303. The van der Waals surface area contributed by atoms with E-state index in [0.29, 0.717) is 0 Å². The van der Waals surface area contributed by atoms with Crippen molar-refractivity contribution >= 4 is 95.7 Å². The number of fused-ring (bicyclic) bond motifs is 7. The molecule has 69 heavy (non-hydrogen) atoms. The first-order valence-electron chi connectivity index (χ1n) is 24.0. The van der Waals surface area contributed by atoms with Crippen molar-refractivity contribution in [3.63, 3.8) is 0 Å². The molecule has 0 atom stereocenters. The van der Waals surface area contributed by atoms with E-state index in [9.17, 15) is 0 Å². The fourth-order valence-electron chi connectivity index (χ4n) is 11.2. The smallest absolute Gasteiger partial charge is 0.113 e. The van der Waals surface area contributed by atoms with Crippen molar-refractivity contribution in [3.8, 4) is 33.4 Å². The third-order valence-electron chi connectivity index (χ3n) is 14.6. The molecule has 0 aromatic heterocycles. The average Bonchev–Trinajstić information content (AvgIpc) is 3.42. The van der Waals surface area contributed by atoms with Crippen molar-refractivity contribution in [1.82, 2.24) is 0 Å². The maximum absolute atomic E-state index is 2.55. The average molecular weight is 897 g/mol. The van der Waals surface area contributed by atoms with Gasteiger partial charge < -0.3 is 9.80 Å². The molecule has 0 radical (unpaired) electrons. The second-order valence-corrected chi connectivity index (χ2v) is 23.2. The molecule has 0 aliphatic carbocycles. The molecule has 1 aliphatic rings. The summed E-state index contributed by atoms with van der Waals surface area (Å²) in [6, 6.07) is 94.2. The van der Waals surface area contributed by atoms with Crippen molar-refractivity contribution in [2.75, 3.05) is 9.80 Å². The predicted molar refractivity (Wildman–Crippen MR) is 299 cm³/mol. The van der Waals surface area contributed by atoms with Crippen LogP contribution in [0.1, 0.15) is 0 Å². The zero-order valence-electron chi connectivity index (χ0n) is 38.6. The van der Waals surface area contributed by atoms with Crippen LogP contribution in [-0.4, -0.2) is 8.07 Å². The van der Waals surface area contributed by atoms with Crippen LogP contribution in [0.3, 0.4) is 0 Å². The fourth-order valence-corrected chi connectivity index (χ4v) is 14.3. The standard InChI is InChI=1S/C66H48N2Si/c1-69(2)64-31-17-29-58-60-44-63(67(51-36-32-47(33-37-51)45-18-6-3-7-19-45)52-38-34-48(35-39-52)46-20-8-4-9-21-46)56-28-15-14-27-55(56)59(60)43-61(66(58)64)57-41-40-53(42-65(57)69)68(50-24-10-5-11-25-50)62-30-16-23-49-22-12-13-26-54(49)62/h3-44H,1-2H3. The monoisotopic (exact) mass is 896 g/mol. The van der Waals surface area contributed by atoms with Crippen LogP contribution in [-0.2, 0) is 0 Å². The Balaban J connectivity index is 1.02. The first-order chi connectivity index (χ1) is 34.0. The van der Waals surface area contributed by atoms with Crippen LogP contribution < -0.4 is 20.2 Å². The van der Waals surface area contributed by atoms with Gasteiger partial charge in [-0.2, -0.15) is 0 Å². The van der Waals surface area contributed by atoms with Crippen LogP contribution in [0.15, 0.2) is 255 Å². The summed E-state index contributed by atoms with van der Waals surface area (Å²) in [5, 5.41) is 13.1. The number of hydrogen-bond donors (Lipinski definition) is 0. The minimum Gasteiger partial charge on any atom is -0.310 e. The van der Waals surface area contributed by atoms with E-state index in [0.717, 1.165) is 22.7 Å². The van der Waals surface area contributed by atoms with Crippen LogP contribution in [0.4, 0.5) is 34.1 Å². The van der Waals surface area contributed by atoms with Gasteiger partial charge in [-0.15, -0.1) is 0 Å². The molecule has 0 bridgehead atoms. The lowest BCUT2D eigenvalue weighted by atomic mass is 9.89. The van der Waals surface area contributed by atoms with E-state index in [1.54, 1.807) is 0 Å². The number of benzene rings is 12. The molecule has 1 heterocycles. The Morgan fingerprint density at radius 2 is 0.754 bits per heavy atom. The first kappa shape index (κ1) is 40.7. The Bertz CT molecular complexity index is 3810. The second-order valence-electron chi connectivity index (χ2n) is 18.9. The van der Waals surface area contributed by atoms with E-state index < -0.39 is 8.07 Å². The Hall–Kier alpha value is -8.50. The highest BCUT2D eigenvalue weighted by Gasteiger charge is 2.37. The zero-order chi connectivity index (χ0) is 46.1. The number of nitrogens with zero attached hydrogens (tertiary/aromatic N) is 2. The molecule has 12 aromatic rings. The third-order valence-corrected chi connectivity index (χ3v) is 18.1. The largest absolute Gasteiger partial charge is 0.310 e. The summed E-state index contributed by atoms with van der Waals surface area (Å²) in [4.78, 5) is 4.92. The van der Waals surface area contributed by atoms with Gasteiger partial charge in [0.15, 0.2) is 0 Å². The Labute approximate surface area is 404 Å². The Kier molecular flexibility index (Phi) is 9.67. The number of para-hydroxylation sites is 1. The highest BCUT2D eigenvalue weighted by atomic mass is 28.3. The summed E-state index contributed by atoms with van der Waals surface area (Å²) in [5.74, 6) is 0. The van der Waals surface area contributed by atoms with E-state index in [1.807, 2.05) is 0 Å². The molecule has 0 unspecified atom stereocenters. The van der Waals surface area contributed by atoms with Gasteiger partial charge in [0.25, 0.3) is 0 Å². The summed E-state index contributed by atoms with van der Waals surface area (Å²) in [5.41, 5.74) is 14.4. The summed E-state index contributed by atoms with van der Waals surface area (Å²) >= 11 is 0. The lowest BCUT2D eigenvalue weighted by molar-refractivity contribution is 1.30. The molecule has 1 aliphatic heterocycles. The van der Waals surface area contributed by atoms with Crippen molar-refractivity contribution < 1.29 is 0 Å². The second kappa shape index (κ2) is 16.4. The molecule has 326 valence electrons. The summed E-state index contributed by atoms with van der Waals surface area (Å²) in [6.45, 7) is 5.10. The van der Waals surface area contributed by atoms with Gasteiger partial charge in [0, 0.05) is 33.5 Å². The van der Waals surface area contributed by atoms with Crippen molar-refractivity contribution in [2.45, 2.75) is 13.1 Å². The van der Waals surface area contributed by atoms with Crippen molar-refractivity contribution in [2.24, 2.45) is 0 Å². The van der Waals surface area contributed by atoms with Gasteiger partial charge in [-0.05, 0) is 143 Å². The molecular formula is C66H48N2Si. The highest BCUT2D eigenvalue weighted by molar-refractivity contribution is 7.03. The molecule has 0 saturated heterocycles. The SMILES string of the molecule is C[Si]1(C)c2cc(N(c3ccccc3)c3cccc4ccccc34)ccc2-c2cc3c4ccccc4c(N(c4ccc(-c5ccccc5)cc4)c4ccc(-c5ccccc5)cc4)cc3c3cccc1c23. The minimum atomic E-state index is -2.28. The summed E-state index contributed by atoms with van der Waals surface area (Å²) < 4.78 is 0. The molecule has 0 spiro atoms. The lowest BCUT2D eigenvalue weighted by Gasteiger charge is -2.36. The van der Waals surface area contributed by atoms with Gasteiger partial charge in [-0.1, -0.05) is 201 Å². The van der Waals surface area contributed by atoms with Crippen LogP contribution in [0.2, 0.25) is 13.1 Å². The van der Waals surface area contributed by atoms with Crippen molar-refractivity contribution in [1.29, 1.82) is 0 Å². The van der Waals surface area contributed by atoms with Gasteiger partial charge in [0.1, 0.15) is 8.07 Å². The molecule has 0 fully saturated rings. The predicted octanol–water partition coefficient (Wildman–Crippen LogP) is 17.4. The quantitative estimate of drug-likeness (QED) is 0.111. The molecule has 0 saturated carbocycles. The molecular weight excluding hydrogens is 849 g/mol. The Morgan fingerprint density at radius 1 is 0.275 bits per heavy atom. The summed E-state index contributed by atoms with van der Waals surface area (Å²) in [7, 11) is -2.28. The van der Waals surface area contributed by atoms with Gasteiger partial charge in [0.05, 0.1) is 11.4 Å². The maximum atomic E-state index is 2.55. The number of hydrogen-bond acceptors (Lipinski definition) is 2. The molecule has 2 nitrogen and oxygen atoms in total. The van der Waals surface area contributed by atoms with E-state index in [1.165, 1.54) is 98.2 Å². The molecule has 13 rings (SSSR count). The molecule has 0 amide bonds. The Morgan fingerprint density at radius 3 is 1.42 bits per heavy atom. The molecule has 12 aromatic carbocycles. The maximum Gasteiger partial charge on any atom is 0.113 e. The van der Waals surface area contributed by atoms with E-state index in [4.69, 9.17) is 0 Å². The van der Waals surface area contributed by atoms with Crippen LogP contribution in [0, 0.1) is 0 Å². The highest BCUT2D eigenvalue weighted by Crippen LogP contribution is 2.48. The van der Waals surface area contributed by atoms with Gasteiger partial charge in [0.2, 0.25) is 0 Å².